The minimum Gasteiger partial charge on any atom is -0.326 e. The predicted molar refractivity (Wildman–Crippen MR) is 110 cm³/mol. The number of nitrogens with zero attached hydrogens (tertiary/aromatic N) is 6. The minimum absolute atomic E-state index is 0.158. The number of anilines is 1. The van der Waals surface area contributed by atoms with Crippen molar-refractivity contribution in [1.82, 2.24) is 14.5 Å². The lowest BCUT2D eigenvalue weighted by Gasteiger charge is -2.09. The Morgan fingerprint density at radius 1 is 1.10 bits per heavy atom. The second-order valence-electron chi connectivity index (χ2n) is 6.45. The van der Waals surface area contributed by atoms with Crippen LogP contribution in [-0.2, 0) is 13.1 Å². The number of hydrogen-bond donors (Lipinski definition) is 1. The average Bonchev–Trinajstić information content (AvgIpc) is 3.15. The van der Waals surface area contributed by atoms with Gasteiger partial charge in [-0.1, -0.05) is 35.4 Å². The van der Waals surface area contributed by atoms with Gasteiger partial charge in [0.1, 0.15) is 5.52 Å². The number of rotatable bonds is 6. The van der Waals surface area contributed by atoms with Crippen LogP contribution in [0.25, 0.3) is 21.5 Å². The number of para-hydroxylation sites is 1. The summed E-state index contributed by atoms with van der Waals surface area (Å²) in [7, 11) is 0. The van der Waals surface area contributed by atoms with Crippen molar-refractivity contribution in [2.24, 2.45) is 5.11 Å². The molecule has 0 saturated heterocycles. The summed E-state index contributed by atoms with van der Waals surface area (Å²) in [5.41, 5.74) is 13.1. The van der Waals surface area contributed by atoms with Gasteiger partial charge in [0.15, 0.2) is 0 Å². The van der Waals surface area contributed by atoms with E-state index in [0.29, 0.717) is 17.8 Å². The van der Waals surface area contributed by atoms with Crippen LogP contribution in [0.15, 0.2) is 78.3 Å². The molecule has 0 radical (unpaired) electrons. The van der Waals surface area contributed by atoms with Gasteiger partial charge in [0.05, 0.1) is 24.6 Å². The van der Waals surface area contributed by atoms with Crippen molar-refractivity contribution in [2.45, 2.75) is 13.1 Å². The highest BCUT2D eigenvalue weighted by Gasteiger charge is 2.09. The third-order valence-corrected chi connectivity index (χ3v) is 4.43. The molecule has 0 aliphatic carbocycles. The number of hydrogen-bond acceptors (Lipinski definition) is 4. The average molecular weight is 383 g/mol. The Morgan fingerprint density at radius 2 is 1.97 bits per heavy atom. The molecule has 1 amide bonds. The molecule has 4 aromatic rings. The number of carbonyl (C=O) groups is 1. The Bertz CT molecular complexity index is 1210. The van der Waals surface area contributed by atoms with Crippen molar-refractivity contribution in [3.05, 3.63) is 100 Å². The summed E-state index contributed by atoms with van der Waals surface area (Å²) in [6.07, 6.45) is 3.40. The normalized spacial score (nSPS) is 10.5. The molecule has 2 heterocycles. The first-order valence-corrected chi connectivity index (χ1v) is 8.99. The number of fused-ring (bicyclic) bond motifs is 1. The number of carbonyl (C=O) groups excluding carboxylic acids is 1. The lowest BCUT2D eigenvalue weighted by Crippen LogP contribution is -2.12. The number of benzene rings is 2. The fraction of sp³-hybridized carbons (Fsp3) is 0.0952. The van der Waals surface area contributed by atoms with Crippen LogP contribution in [0.5, 0.6) is 0 Å². The van der Waals surface area contributed by atoms with Crippen molar-refractivity contribution in [2.75, 3.05) is 5.32 Å². The Kier molecular flexibility index (Phi) is 5.18. The first kappa shape index (κ1) is 18.2. The van der Waals surface area contributed by atoms with Crippen LogP contribution in [0.1, 0.15) is 21.6 Å². The summed E-state index contributed by atoms with van der Waals surface area (Å²) in [6, 6.07) is 18.7. The molecule has 0 saturated carbocycles. The molecule has 29 heavy (non-hydrogen) atoms. The summed E-state index contributed by atoms with van der Waals surface area (Å²) in [4.78, 5) is 23.9. The van der Waals surface area contributed by atoms with E-state index in [1.165, 1.54) is 0 Å². The Morgan fingerprint density at radius 3 is 2.79 bits per heavy atom. The molecule has 2 aromatic carbocycles. The van der Waals surface area contributed by atoms with E-state index in [1.807, 2.05) is 59.2 Å². The second-order valence-corrected chi connectivity index (χ2v) is 6.45. The van der Waals surface area contributed by atoms with Gasteiger partial charge in [0.2, 0.25) is 0 Å². The number of imidazole rings is 1. The number of nitrogens with one attached hydrogen (secondary N) is 1. The topological polar surface area (TPSA) is 109 Å². The first-order chi connectivity index (χ1) is 14.2. The van der Waals surface area contributed by atoms with E-state index in [1.54, 1.807) is 18.6 Å². The summed E-state index contributed by atoms with van der Waals surface area (Å²) in [5.74, 6) is -0.158. The fourth-order valence-corrected chi connectivity index (χ4v) is 3.05. The van der Waals surface area contributed by atoms with E-state index in [2.05, 4.69) is 25.3 Å². The van der Waals surface area contributed by atoms with Crippen molar-refractivity contribution >= 4 is 22.6 Å². The molecule has 0 fully saturated rings. The summed E-state index contributed by atoms with van der Waals surface area (Å²) in [5, 5.41) is 6.45. The van der Waals surface area contributed by atoms with Gasteiger partial charge in [0, 0.05) is 28.4 Å². The quantitative estimate of drug-likeness (QED) is 0.300. The molecule has 0 unspecified atom stereocenters. The van der Waals surface area contributed by atoms with Gasteiger partial charge in [0.25, 0.3) is 5.91 Å². The van der Waals surface area contributed by atoms with Gasteiger partial charge in [-0.2, -0.15) is 0 Å². The Labute approximate surface area is 166 Å². The molecular weight excluding hydrogens is 366 g/mol. The number of amides is 1. The molecule has 0 bridgehead atoms. The van der Waals surface area contributed by atoms with E-state index in [9.17, 15) is 4.79 Å². The number of pyridine rings is 1. The maximum absolute atomic E-state index is 12.5. The second kappa shape index (κ2) is 8.24. The number of azide groups is 1. The highest BCUT2D eigenvalue weighted by atomic mass is 16.1. The molecule has 2 aromatic heterocycles. The predicted octanol–water partition coefficient (Wildman–Crippen LogP) is 4.54. The Balaban J connectivity index is 1.56. The van der Waals surface area contributed by atoms with Gasteiger partial charge in [-0.15, -0.1) is 0 Å². The zero-order valence-corrected chi connectivity index (χ0v) is 15.4. The monoisotopic (exact) mass is 383 g/mol. The largest absolute Gasteiger partial charge is 0.326 e. The summed E-state index contributed by atoms with van der Waals surface area (Å²) in [6.45, 7) is 0.737. The zero-order valence-electron chi connectivity index (χ0n) is 15.4. The van der Waals surface area contributed by atoms with Crippen molar-refractivity contribution in [3.8, 4) is 0 Å². The highest BCUT2D eigenvalue weighted by molar-refractivity contribution is 6.04. The van der Waals surface area contributed by atoms with E-state index in [0.717, 1.165) is 22.3 Å². The number of aromatic nitrogens is 3. The zero-order chi connectivity index (χ0) is 20.1. The third kappa shape index (κ3) is 4.23. The van der Waals surface area contributed by atoms with E-state index in [4.69, 9.17) is 5.53 Å². The Hall–Kier alpha value is -4.16. The lowest BCUT2D eigenvalue weighted by atomic mass is 10.1. The molecule has 8 nitrogen and oxygen atoms in total. The molecule has 0 spiro atoms. The van der Waals surface area contributed by atoms with Crippen LogP contribution in [0.3, 0.4) is 0 Å². The van der Waals surface area contributed by atoms with E-state index in [-0.39, 0.29) is 12.5 Å². The van der Waals surface area contributed by atoms with Crippen molar-refractivity contribution in [1.29, 1.82) is 0 Å². The van der Waals surface area contributed by atoms with Crippen molar-refractivity contribution in [3.63, 3.8) is 0 Å². The van der Waals surface area contributed by atoms with E-state index >= 15 is 0 Å². The maximum atomic E-state index is 12.5. The van der Waals surface area contributed by atoms with Crippen molar-refractivity contribution < 1.29 is 4.79 Å². The van der Waals surface area contributed by atoms with Gasteiger partial charge in [-0.25, -0.2) is 4.98 Å². The molecule has 142 valence electrons. The van der Waals surface area contributed by atoms with Gasteiger partial charge in [-0.3, -0.25) is 9.78 Å². The third-order valence-electron chi connectivity index (χ3n) is 4.43. The highest BCUT2D eigenvalue weighted by Crippen LogP contribution is 2.17. The van der Waals surface area contributed by atoms with E-state index < -0.39 is 0 Å². The van der Waals surface area contributed by atoms with Crippen LogP contribution in [-0.4, -0.2) is 20.4 Å². The van der Waals surface area contributed by atoms with Crippen LogP contribution in [0, 0.1) is 0 Å². The fourth-order valence-electron chi connectivity index (χ4n) is 3.05. The maximum Gasteiger partial charge on any atom is 0.255 e. The molecule has 8 heteroatoms. The molecular formula is C21H17N7O. The molecule has 4 rings (SSSR count). The molecule has 1 N–H and O–H groups in total. The molecule has 0 atom stereocenters. The lowest BCUT2D eigenvalue weighted by molar-refractivity contribution is 0.102. The standard InChI is InChI=1S/C21H17N7O/c22-27-25-11-18-10-20-19(12-23-18)24-14-28(20)13-15-5-4-6-16(9-15)21(29)26-17-7-2-1-3-8-17/h1-10,12,14H,11,13H2,(H,26,29). The summed E-state index contributed by atoms with van der Waals surface area (Å²) >= 11 is 0. The summed E-state index contributed by atoms with van der Waals surface area (Å²) < 4.78 is 1.98. The van der Waals surface area contributed by atoms with Gasteiger partial charge < -0.3 is 9.88 Å². The van der Waals surface area contributed by atoms with Crippen LogP contribution in [0.2, 0.25) is 0 Å². The van der Waals surface area contributed by atoms with Gasteiger partial charge >= 0.3 is 0 Å². The van der Waals surface area contributed by atoms with Crippen LogP contribution >= 0.6 is 0 Å². The molecule has 0 aliphatic rings. The molecule has 0 aliphatic heterocycles. The van der Waals surface area contributed by atoms with Gasteiger partial charge in [-0.05, 0) is 41.4 Å². The SMILES string of the molecule is [N-]=[N+]=NCc1cc2c(cn1)ncn2Cc1cccc(C(=O)Nc2ccccc2)c1. The van der Waals surface area contributed by atoms with Crippen LogP contribution in [0.4, 0.5) is 5.69 Å². The van der Waals surface area contributed by atoms with Crippen LogP contribution < -0.4 is 5.32 Å². The smallest absolute Gasteiger partial charge is 0.255 e. The minimum atomic E-state index is -0.158. The first-order valence-electron chi connectivity index (χ1n) is 8.99.